The van der Waals surface area contributed by atoms with Crippen LogP contribution in [-0.2, 0) is 4.79 Å². The molecule has 0 saturated carbocycles. The Hall–Kier alpha value is -1.59. The molecule has 120 valence electrons. The minimum Gasteiger partial charge on any atom is -0.380 e. The van der Waals surface area contributed by atoms with E-state index in [-0.39, 0.29) is 11.9 Å². The molecule has 5 heteroatoms. The second kappa shape index (κ2) is 7.11. The summed E-state index contributed by atoms with van der Waals surface area (Å²) in [6.07, 6.45) is 4.18. The van der Waals surface area contributed by atoms with Gasteiger partial charge in [-0.25, -0.2) is 5.43 Å². The van der Waals surface area contributed by atoms with Crippen molar-refractivity contribution in [2.75, 3.05) is 18.4 Å². The summed E-state index contributed by atoms with van der Waals surface area (Å²) in [7, 11) is 0. The Labute approximate surface area is 132 Å². The first-order valence-electron chi connectivity index (χ1n) is 8.37. The molecule has 1 amide bonds. The molecule has 2 fully saturated rings. The lowest BCUT2D eigenvalue weighted by Gasteiger charge is -2.21. The fourth-order valence-electron chi connectivity index (χ4n) is 3.39. The number of amides is 1. The average Bonchev–Trinajstić information content (AvgIpc) is 3.18. The molecule has 0 aromatic heterocycles. The number of carbonyl (C=O) groups excluding carboxylic acids is 1. The maximum absolute atomic E-state index is 12.6. The van der Waals surface area contributed by atoms with Gasteiger partial charge in [-0.05, 0) is 31.4 Å². The molecule has 2 saturated heterocycles. The predicted molar refractivity (Wildman–Crippen MR) is 88.4 cm³/mol. The molecule has 3 atom stereocenters. The number of rotatable bonds is 5. The van der Waals surface area contributed by atoms with Crippen LogP contribution >= 0.6 is 0 Å². The molecule has 2 aliphatic rings. The van der Waals surface area contributed by atoms with Crippen LogP contribution in [0.25, 0.3) is 0 Å². The van der Waals surface area contributed by atoms with E-state index in [0.29, 0.717) is 12.1 Å². The number of carbonyl (C=O) groups is 1. The third-order valence-electron chi connectivity index (χ3n) is 4.56. The number of hydrazine groups is 1. The third-order valence-corrected chi connectivity index (χ3v) is 4.56. The molecule has 5 nitrogen and oxygen atoms in total. The second-order valence-corrected chi connectivity index (χ2v) is 6.34. The second-order valence-electron chi connectivity index (χ2n) is 6.34. The minimum absolute atomic E-state index is 0.0629. The number of likely N-dealkylation sites (tertiary alicyclic amines) is 1. The van der Waals surface area contributed by atoms with Gasteiger partial charge < -0.3 is 10.2 Å². The van der Waals surface area contributed by atoms with Crippen LogP contribution in [0.2, 0.25) is 0 Å². The molecule has 3 N–H and O–H groups in total. The standard InChI is InChI=1S/C17H26N4O/c1-2-6-14-11-16(20-19-14)17(22)21-10-9-15(12-21)18-13-7-4-3-5-8-13/h3-5,7-8,14-16,18-20H,2,6,9-12H2,1H3. The summed E-state index contributed by atoms with van der Waals surface area (Å²) >= 11 is 0. The number of nitrogens with zero attached hydrogens (tertiary/aromatic N) is 1. The zero-order chi connectivity index (χ0) is 15.4. The highest BCUT2D eigenvalue weighted by atomic mass is 16.2. The molecule has 1 aromatic carbocycles. The van der Waals surface area contributed by atoms with E-state index in [0.717, 1.165) is 44.5 Å². The quantitative estimate of drug-likeness (QED) is 0.775. The van der Waals surface area contributed by atoms with Crippen LogP contribution in [0.1, 0.15) is 32.6 Å². The Morgan fingerprint density at radius 1 is 1.32 bits per heavy atom. The van der Waals surface area contributed by atoms with Crippen LogP contribution in [0.3, 0.4) is 0 Å². The van der Waals surface area contributed by atoms with Crippen molar-refractivity contribution in [3.63, 3.8) is 0 Å². The lowest BCUT2D eigenvalue weighted by atomic mass is 10.1. The largest absolute Gasteiger partial charge is 0.380 e. The van der Waals surface area contributed by atoms with E-state index in [2.05, 4.69) is 35.2 Å². The maximum atomic E-state index is 12.6. The smallest absolute Gasteiger partial charge is 0.241 e. The van der Waals surface area contributed by atoms with Crippen LogP contribution in [-0.4, -0.2) is 42.0 Å². The topological polar surface area (TPSA) is 56.4 Å². The number of anilines is 1. The zero-order valence-electron chi connectivity index (χ0n) is 13.2. The van der Waals surface area contributed by atoms with Crippen molar-refractivity contribution in [1.29, 1.82) is 0 Å². The summed E-state index contributed by atoms with van der Waals surface area (Å²) in [5, 5.41) is 3.52. The average molecular weight is 302 g/mol. The number of para-hydroxylation sites is 1. The number of nitrogens with one attached hydrogen (secondary N) is 3. The SMILES string of the molecule is CCCC1CC(C(=O)N2CCC(Nc3ccccc3)C2)NN1. The van der Waals surface area contributed by atoms with Gasteiger partial charge in [0.05, 0.1) is 0 Å². The van der Waals surface area contributed by atoms with Gasteiger partial charge in [0.2, 0.25) is 5.91 Å². The van der Waals surface area contributed by atoms with Gasteiger partial charge in [-0.2, -0.15) is 0 Å². The molecule has 0 aliphatic carbocycles. The Morgan fingerprint density at radius 2 is 2.14 bits per heavy atom. The highest BCUT2D eigenvalue weighted by molar-refractivity contribution is 5.82. The summed E-state index contributed by atoms with van der Waals surface area (Å²) in [5.41, 5.74) is 7.55. The highest BCUT2D eigenvalue weighted by Gasteiger charge is 2.34. The fourth-order valence-corrected chi connectivity index (χ4v) is 3.39. The Bertz CT molecular complexity index is 493. The number of benzene rings is 1. The summed E-state index contributed by atoms with van der Waals surface area (Å²) in [6, 6.07) is 10.9. The Balaban J connectivity index is 1.49. The summed E-state index contributed by atoms with van der Waals surface area (Å²) in [4.78, 5) is 14.6. The van der Waals surface area contributed by atoms with E-state index in [4.69, 9.17) is 0 Å². The Kier molecular flexibility index (Phi) is 4.95. The molecular formula is C17H26N4O. The molecule has 0 radical (unpaired) electrons. The first-order chi connectivity index (χ1) is 10.8. The van der Waals surface area contributed by atoms with Gasteiger partial charge in [0.15, 0.2) is 0 Å². The van der Waals surface area contributed by atoms with Gasteiger partial charge in [-0.15, -0.1) is 0 Å². The fraction of sp³-hybridized carbons (Fsp3) is 0.588. The maximum Gasteiger partial charge on any atom is 0.241 e. The summed E-state index contributed by atoms with van der Waals surface area (Å²) in [6.45, 7) is 3.82. The van der Waals surface area contributed by atoms with E-state index in [1.54, 1.807) is 0 Å². The van der Waals surface area contributed by atoms with Crippen molar-refractivity contribution in [3.8, 4) is 0 Å². The van der Waals surface area contributed by atoms with Crippen molar-refractivity contribution in [2.45, 2.75) is 50.7 Å². The van der Waals surface area contributed by atoms with Crippen LogP contribution in [0.4, 0.5) is 5.69 Å². The summed E-state index contributed by atoms with van der Waals surface area (Å²) < 4.78 is 0. The normalized spacial score (nSPS) is 28.0. The minimum atomic E-state index is -0.0629. The van der Waals surface area contributed by atoms with E-state index < -0.39 is 0 Å². The van der Waals surface area contributed by atoms with Crippen molar-refractivity contribution in [1.82, 2.24) is 15.8 Å². The van der Waals surface area contributed by atoms with Crippen molar-refractivity contribution in [2.24, 2.45) is 0 Å². The predicted octanol–water partition coefficient (Wildman–Crippen LogP) is 1.73. The first-order valence-corrected chi connectivity index (χ1v) is 8.37. The van der Waals surface area contributed by atoms with E-state index in [1.807, 2.05) is 23.1 Å². The monoisotopic (exact) mass is 302 g/mol. The van der Waals surface area contributed by atoms with Gasteiger partial charge in [0, 0.05) is 30.9 Å². The molecule has 1 aromatic rings. The molecule has 22 heavy (non-hydrogen) atoms. The van der Waals surface area contributed by atoms with Crippen molar-refractivity contribution >= 4 is 11.6 Å². The highest BCUT2D eigenvalue weighted by Crippen LogP contribution is 2.19. The third kappa shape index (κ3) is 3.59. The molecule has 3 unspecified atom stereocenters. The van der Waals surface area contributed by atoms with Crippen molar-refractivity contribution < 1.29 is 4.79 Å². The lowest BCUT2D eigenvalue weighted by Crippen LogP contribution is -2.45. The molecule has 2 aliphatic heterocycles. The van der Waals surface area contributed by atoms with Gasteiger partial charge >= 0.3 is 0 Å². The molecule has 0 spiro atoms. The lowest BCUT2D eigenvalue weighted by molar-refractivity contribution is -0.132. The van der Waals surface area contributed by atoms with Gasteiger partial charge in [0.1, 0.15) is 6.04 Å². The van der Waals surface area contributed by atoms with Crippen LogP contribution in [0, 0.1) is 0 Å². The molecular weight excluding hydrogens is 276 g/mol. The summed E-state index contributed by atoms with van der Waals surface area (Å²) in [5.74, 6) is 0.239. The van der Waals surface area contributed by atoms with E-state index in [9.17, 15) is 4.79 Å². The Morgan fingerprint density at radius 3 is 2.91 bits per heavy atom. The van der Waals surface area contributed by atoms with Crippen molar-refractivity contribution in [3.05, 3.63) is 30.3 Å². The zero-order valence-corrected chi connectivity index (χ0v) is 13.2. The van der Waals surface area contributed by atoms with E-state index in [1.165, 1.54) is 0 Å². The van der Waals surface area contributed by atoms with Gasteiger partial charge in [0.25, 0.3) is 0 Å². The van der Waals surface area contributed by atoms with Crippen LogP contribution < -0.4 is 16.2 Å². The van der Waals surface area contributed by atoms with Gasteiger partial charge in [-0.1, -0.05) is 31.5 Å². The molecule has 3 rings (SSSR count). The molecule has 0 bridgehead atoms. The van der Waals surface area contributed by atoms with E-state index >= 15 is 0 Å². The van der Waals surface area contributed by atoms with Gasteiger partial charge in [-0.3, -0.25) is 10.2 Å². The molecule has 2 heterocycles. The number of hydrogen-bond acceptors (Lipinski definition) is 4. The number of hydrogen-bond donors (Lipinski definition) is 3. The van der Waals surface area contributed by atoms with Crippen LogP contribution in [0.15, 0.2) is 30.3 Å². The van der Waals surface area contributed by atoms with Crippen LogP contribution in [0.5, 0.6) is 0 Å². The first kappa shape index (κ1) is 15.3.